The van der Waals surface area contributed by atoms with Gasteiger partial charge in [0.2, 0.25) is 0 Å². The molecule has 2 aromatic heterocycles. The first-order valence-electron chi connectivity index (χ1n) is 5.71. The highest BCUT2D eigenvalue weighted by atomic mass is 16.5. The summed E-state index contributed by atoms with van der Waals surface area (Å²) in [6.45, 7) is 4.16. The quantitative estimate of drug-likeness (QED) is 0.862. The lowest BCUT2D eigenvalue weighted by molar-refractivity contribution is 0.335. The van der Waals surface area contributed by atoms with Gasteiger partial charge in [0.15, 0.2) is 5.75 Å². The van der Waals surface area contributed by atoms with Gasteiger partial charge < -0.3 is 15.5 Å². The molecule has 0 aliphatic heterocycles. The van der Waals surface area contributed by atoms with Gasteiger partial charge in [-0.3, -0.25) is 4.79 Å². The standard InChI is InChI=1S/C13H15N3O2/c1-3-18-11-6-9(7-15-13(11)17)10-4-5-12(14)16-8(10)2/h4-7H,3H2,1-2H3,(H2,14,16)(H,15,17). The van der Waals surface area contributed by atoms with Gasteiger partial charge in [-0.05, 0) is 32.0 Å². The second kappa shape index (κ2) is 4.91. The van der Waals surface area contributed by atoms with Gasteiger partial charge in [0.1, 0.15) is 5.82 Å². The third kappa shape index (κ3) is 2.34. The fourth-order valence-electron chi connectivity index (χ4n) is 1.77. The average molecular weight is 245 g/mol. The molecule has 2 aromatic rings. The van der Waals surface area contributed by atoms with E-state index < -0.39 is 0 Å². The van der Waals surface area contributed by atoms with Crippen molar-refractivity contribution in [2.75, 3.05) is 12.3 Å². The maximum Gasteiger partial charge on any atom is 0.290 e. The topological polar surface area (TPSA) is 81.0 Å². The van der Waals surface area contributed by atoms with E-state index in [0.29, 0.717) is 18.2 Å². The number of rotatable bonds is 3. The SMILES string of the molecule is CCOc1cc(-c2ccc(N)nc2C)c[nH]c1=O. The number of anilines is 1. The molecule has 0 aliphatic carbocycles. The highest BCUT2D eigenvalue weighted by Gasteiger charge is 2.07. The molecule has 0 spiro atoms. The third-order valence-corrected chi connectivity index (χ3v) is 2.59. The Morgan fingerprint density at radius 3 is 2.89 bits per heavy atom. The van der Waals surface area contributed by atoms with Crippen LogP contribution in [0.1, 0.15) is 12.6 Å². The van der Waals surface area contributed by atoms with E-state index in [2.05, 4.69) is 9.97 Å². The first kappa shape index (κ1) is 12.2. The highest BCUT2D eigenvalue weighted by molar-refractivity contribution is 5.67. The Labute approximate surface area is 105 Å². The summed E-state index contributed by atoms with van der Waals surface area (Å²) in [5.41, 5.74) is 7.96. The van der Waals surface area contributed by atoms with Gasteiger partial charge in [-0.1, -0.05) is 0 Å². The summed E-state index contributed by atoms with van der Waals surface area (Å²) in [5.74, 6) is 0.789. The van der Waals surface area contributed by atoms with Crippen molar-refractivity contribution in [3.05, 3.63) is 40.4 Å². The Kier molecular flexibility index (Phi) is 3.32. The van der Waals surface area contributed by atoms with Crippen LogP contribution in [0.5, 0.6) is 5.75 Å². The van der Waals surface area contributed by atoms with Gasteiger partial charge in [-0.25, -0.2) is 4.98 Å². The average Bonchev–Trinajstić information content (AvgIpc) is 2.33. The number of hydrogen-bond acceptors (Lipinski definition) is 4. The van der Waals surface area contributed by atoms with Crippen LogP contribution in [-0.2, 0) is 0 Å². The maximum absolute atomic E-state index is 11.5. The number of nitrogens with one attached hydrogen (secondary N) is 1. The van der Waals surface area contributed by atoms with E-state index in [-0.39, 0.29) is 5.56 Å². The summed E-state index contributed by atoms with van der Waals surface area (Å²) < 4.78 is 5.27. The normalized spacial score (nSPS) is 10.3. The Hall–Kier alpha value is -2.30. The lowest BCUT2D eigenvalue weighted by Crippen LogP contribution is -2.10. The summed E-state index contributed by atoms with van der Waals surface area (Å²) in [5, 5.41) is 0. The molecule has 3 N–H and O–H groups in total. The first-order chi connectivity index (χ1) is 8.61. The van der Waals surface area contributed by atoms with E-state index in [1.807, 2.05) is 19.9 Å². The predicted octanol–water partition coefficient (Wildman–Crippen LogP) is 1.73. The van der Waals surface area contributed by atoms with Crippen molar-refractivity contribution in [1.82, 2.24) is 9.97 Å². The van der Waals surface area contributed by atoms with Crippen molar-refractivity contribution in [3.63, 3.8) is 0 Å². The van der Waals surface area contributed by atoms with Crippen molar-refractivity contribution in [2.45, 2.75) is 13.8 Å². The van der Waals surface area contributed by atoms with Gasteiger partial charge >= 0.3 is 0 Å². The molecule has 5 nitrogen and oxygen atoms in total. The van der Waals surface area contributed by atoms with E-state index >= 15 is 0 Å². The number of H-pyrrole nitrogens is 1. The second-order valence-electron chi connectivity index (χ2n) is 3.88. The molecule has 94 valence electrons. The number of pyridine rings is 2. The summed E-state index contributed by atoms with van der Waals surface area (Å²) in [4.78, 5) is 18.4. The molecule has 0 unspecified atom stereocenters. The number of aryl methyl sites for hydroxylation is 1. The van der Waals surface area contributed by atoms with Crippen molar-refractivity contribution in [3.8, 4) is 16.9 Å². The van der Waals surface area contributed by atoms with E-state index in [4.69, 9.17) is 10.5 Å². The molecular formula is C13H15N3O2. The Morgan fingerprint density at radius 2 is 2.22 bits per heavy atom. The van der Waals surface area contributed by atoms with Crippen molar-refractivity contribution < 1.29 is 4.74 Å². The fraction of sp³-hybridized carbons (Fsp3) is 0.231. The van der Waals surface area contributed by atoms with Gasteiger partial charge in [-0.15, -0.1) is 0 Å². The molecule has 0 radical (unpaired) electrons. The molecule has 18 heavy (non-hydrogen) atoms. The van der Waals surface area contributed by atoms with Crippen LogP contribution in [0, 0.1) is 6.92 Å². The number of nitrogens with zero attached hydrogens (tertiary/aromatic N) is 1. The minimum Gasteiger partial charge on any atom is -0.488 e. The van der Waals surface area contributed by atoms with Crippen molar-refractivity contribution in [2.24, 2.45) is 0 Å². The molecule has 0 saturated heterocycles. The number of ether oxygens (including phenoxy) is 1. The van der Waals surface area contributed by atoms with E-state index in [1.54, 1.807) is 18.3 Å². The molecule has 0 atom stereocenters. The maximum atomic E-state index is 11.5. The predicted molar refractivity (Wildman–Crippen MR) is 70.6 cm³/mol. The number of aromatic amines is 1. The first-order valence-corrected chi connectivity index (χ1v) is 5.71. The lowest BCUT2D eigenvalue weighted by Gasteiger charge is -2.08. The summed E-state index contributed by atoms with van der Waals surface area (Å²) in [6.07, 6.45) is 1.64. The van der Waals surface area contributed by atoms with Crippen LogP contribution in [0.25, 0.3) is 11.1 Å². The molecule has 0 amide bonds. The zero-order valence-electron chi connectivity index (χ0n) is 10.4. The van der Waals surface area contributed by atoms with E-state index in [0.717, 1.165) is 16.8 Å². The lowest BCUT2D eigenvalue weighted by atomic mass is 10.1. The third-order valence-electron chi connectivity index (χ3n) is 2.59. The molecule has 0 saturated carbocycles. The number of hydrogen-bond donors (Lipinski definition) is 2. The number of nitrogens with two attached hydrogens (primary N) is 1. The van der Waals surface area contributed by atoms with Gasteiger partial charge in [0.25, 0.3) is 5.56 Å². The zero-order valence-corrected chi connectivity index (χ0v) is 10.4. The van der Waals surface area contributed by atoms with Crippen LogP contribution in [0.3, 0.4) is 0 Å². The molecule has 0 bridgehead atoms. The summed E-state index contributed by atoms with van der Waals surface area (Å²) in [6, 6.07) is 5.32. The Balaban J connectivity index is 2.50. The zero-order chi connectivity index (χ0) is 13.1. The Morgan fingerprint density at radius 1 is 1.44 bits per heavy atom. The van der Waals surface area contributed by atoms with Crippen molar-refractivity contribution in [1.29, 1.82) is 0 Å². The van der Waals surface area contributed by atoms with Crippen molar-refractivity contribution >= 4 is 5.82 Å². The van der Waals surface area contributed by atoms with Gasteiger partial charge in [-0.2, -0.15) is 0 Å². The molecule has 0 aromatic carbocycles. The molecule has 0 fully saturated rings. The van der Waals surface area contributed by atoms with E-state index in [9.17, 15) is 4.79 Å². The Bertz CT molecular complexity index is 620. The van der Waals surface area contributed by atoms with Crippen LogP contribution in [0.2, 0.25) is 0 Å². The molecular weight excluding hydrogens is 230 g/mol. The summed E-state index contributed by atoms with van der Waals surface area (Å²) in [7, 11) is 0. The van der Waals surface area contributed by atoms with Crippen LogP contribution >= 0.6 is 0 Å². The molecule has 5 heteroatoms. The minimum absolute atomic E-state index is 0.235. The molecule has 0 aliphatic rings. The van der Waals surface area contributed by atoms with Gasteiger partial charge in [0, 0.05) is 23.0 Å². The van der Waals surface area contributed by atoms with E-state index in [1.165, 1.54) is 0 Å². The van der Waals surface area contributed by atoms with Crippen LogP contribution in [-0.4, -0.2) is 16.6 Å². The number of aromatic nitrogens is 2. The largest absolute Gasteiger partial charge is 0.488 e. The fourth-order valence-corrected chi connectivity index (χ4v) is 1.77. The van der Waals surface area contributed by atoms with Crippen LogP contribution < -0.4 is 16.0 Å². The molecule has 2 heterocycles. The second-order valence-corrected chi connectivity index (χ2v) is 3.88. The van der Waals surface area contributed by atoms with Crippen LogP contribution in [0.15, 0.2) is 29.2 Å². The summed E-state index contributed by atoms with van der Waals surface area (Å²) >= 11 is 0. The van der Waals surface area contributed by atoms with Gasteiger partial charge in [0.05, 0.1) is 6.61 Å². The minimum atomic E-state index is -0.235. The monoisotopic (exact) mass is 245 g/mol. The molecule has 2 rings (SSSR count). The number of nitrogen functional groups attached to an aromatic ring is 1. The highest BCUT2D eigenvalue weighted by Crippen LogP contribution is 2.23. The van der Waals surface area contributed by atoms with Crippen LogP contribution in [0.4, 0.5) is 5.82 Å². The smallest absolute Gasteiger partial charge is 0.290 e.